The average Bonchev–Trinajstić information content (AvgIpc) is 3.29. The topological polar surface area (TPSA) is 101 Å². The summed E-state index contributed by atoms with van der Waals surface area (Å²) in [6, 6.07) is 14.8. The molecule has 0 bridgehead atoms. The third kappa shape index (κ3) is 4.14. The Labute approximate surface area is 187 Å². The van der Waals surface area contributed by atoms with Crippen LogP contribution in [0, 0.1) is 15.9 Å². The zero-order valence-corrected chi connectivity index (χ0v) is 18.3. The smallest absolute Gasteiger partial charge is 0.289 e. The van der Waals surface area contributed by atoms with Gasteiger partial charge >= 0.3 is 0 Å². The Morgan fingerprint density at radius 1 is 0.969 bits per heavy atom. The quantitative estimate of drug-likeness (QED) is 0.415. The second-order valence-corrected chi connectivity index (χ2v) is 10.1. The van der Waals surface area contributed by atoms with E-state index in [4.69, 9.17) is 0 Å². The predicted octanol–water partition coefficient (Wildman–Crippen LogP) is 3.61. The molecule has 4 rings (SSSR count). The van der Waals surface area contributed by atoms with Gasteiger partial charge in [0.2, 0.25) is 10.0 Å². The van der Waals surface area contributed by atoms with E-state index in [1.165, 1.54) is 40.5 Å². The van der Waals surface area contributed by atoms with E-state index >= 15 is 0 Å². The van der Waals surface area contributed by atoms with Crippen LogP contribution in [-0.2, 0) is 10.0 Å². The lowest BCUT2D eigenvalue weighted by Crippen LogP contribution is -2.50. The van der Waals surface area contributed by atoms with Gasteiger partial charge in [-0.3, -0.25) is 14.9 Å². The molecule has 1 aliphatic rings. The first-order chi connectivity index (χ1) is 15.3. The molecule has 2 aromatic carbocycles. The number of hydrogen-bond acceptors (Lipinski definition) is 6. The first-order valence-corrected chi connectivity index (χ1v) is 11.9. The SMILES string of the molecule is O=C(c1ccc(-c2ccccc2F)s1)N1CCN(S(=O)(=O)c2ccccc2[N+](=O)[O-])CC1. The van der Waals surface area contributed by atoms with Crippen LogP contribution < -0.4 is 0 Å². The molecular formula is C21H18FN3O5S2. The highest BCUT2D eigenvalue weighted by Gasteiger charge is 2.34. The van der Waals surface area contributed by atoms with Crippen LogP contribution in [-0.4, -0.2) is 54.6 Å². The lowest BCUT2D eigenvalue weighted by molar-refractivity contribution is -0.387. The van der Waals surface area contributed by atoms with Gasteiger partial charge in [-0.05, 0) is 24.3 Å². The zero-order valence-electron chi connectivity index (χ0n) is 16.7. The molecule has 1 fully saturated rings. The number of nitro groups is 1. The maximum absolute atomic E-state index is 14.0. The third-order valence-electron chi connectivity index (χ3n) is 5.16. The molecule has 1 aliphatic heterocycles. The molecule has 32 heavy (non-hydrogen) atoms. The number of thiophene rings is 1. The number of carbonyl (C=O) groups excluding carboxylic acids is 1. The highest BCUT2D eigenvalue weighted by atomic mass is 32.2. The van der Waals surface area contributed by atoms with Crippen molar-refractivity contribution in [3.05, 3.63) is 81.5 Å². The molecule has 1 aromatic heterocycles. The minimum Gasteiger partial charge on any atom is -0.335 e. The number of carbonyl (C=O) groups is 1. The van der Waals surface area contributed by atoms with Crippen LogP contribution in [0.3, 0.4) is 0 Å². The minimum absolute atomic E-state index is 0.0195. The number of rotatable bonds is 5. The Balaban J connectivity index is 1.47. The molecule has 2 heterocycles. The molecular weight excluding hydrogens is 457 g/mol. The van der Waals surface area contributed by atoms with E-state index in [-0.39, 0.29) is 42.8 Å². The lowest BCUT2D eigenvalue weighted by Gasteiger charge is -2.33. The monoisotopic (exact) mass is 475 g/mol. The Morgan fingerprint density at radius 2 is 1.62 bits per heavy atom. The third-order valence-corrected chi connectivity index (χ3v) is 8.21. The Bertz CT molecular complexity index is 1280. The number of nitro benzene ring substituents is 1. The molecule has 1 amide bonds. The van der Waals surface area contributed by atoms with E-state index in [1.54, 1.807) is 30.3 Å². The van der Waals surface area contributed by atoms with Crippen LogP contribution >= 0.6 is 11.3 Å². The van der Waals surface area contributed by atoms with Crippen molar-refractivity contribution in [2.24, 2.45) is 0 Å². The van der Waals surface area contributed by atoms with Gasteiger partial charge in [-0.25, -0.2) is 12.8 Å². The Morgan fingerprint density at radius 3 is 2.31 bits per heavy atom. The second-order valence-electron chi connectivity index (χ2n) is 7.06. The molecule has 0 unspecified atom stereocenters. The van der Waals surface area contributed by atoms with Crippen LogP contribution in [0.4, 0.5) is 10.1 Å². The molecule has 3 aromatic rings. The summed E-state index contributed by atoms with van der Waals surface area (Å²) in [5, 5.41) is 11.2. The normalized spacial score (nSPS) is 15.0. The van der Waals surface area contributed by atoms with Crippen molar-refractivity contribution in [3.63, 3.8) is 0 Å². The van der Waals surface area contributed by atoms with E-state index in [0.29, 0.717) is 15.3 Å². The van der Waals surface area contributed by atoms with Crippen LogP contribution in [0.25, 0.3) is 10.4 Å². The summed E-state index contributed by atoms with van der Waals surface area (Å²) >= 11 is 1.17. The van der Waals surface area contributed by atoms with Gasteiger partial charge < -0.3 is 4.90 Å². The number of halogens is 1. The minimum atomic E-state index is -4.07. The van der Waals surface area contributed by atoms with Gasteiger partial charge in [-0.1, -0.05) is 30.3 Å². The molecule has 0 saturated carbocycles. The fraction of sp³-hybridized carbons (Fsp3) is 0.190. The van der Waals surface area contributed by atoms with E-state index < -0.39 is 20.6 Å². The summed E-state index contributed by atoms with van der Waals surface area (Å²) in [6.07, 6.45) is 0. The molecule has 0 spiro atoms. The summed E-state index contributed by atoms with van der Waals surface area (Å²) in [4.78, 5) is 25.6. The molecule has 11 heteroatoms. The number of amides is 1. The highest BCUT2D eigenvalue weighted by Crippen LogP contribution is 2.31. The van der Waals surface area contributed by atoms with Gasteiger partial charge in [-0.15, -0.1) is 11.3 Å². The molecule has 0 radical (unpaired) electrons. The van der Waals surface area contributed by atoms with E-state index in [1.807, 2.05) is 0 Å². The summed E-state index contributed by atoms with van der Waals surface area (Å²) in [5.74, 6) is -0.637. The number of sulfonamides is 1. The summed E-state index contributed by atoms with van der Waals surface area (Å²) in [6.45, 7) is 0.328. The molecule has 0 aliphatic carbocycles. The van der Waals surface area contributed by atoms with Crippen molar-refractivity contribution in [2.45, 2.75) is 4.90 Å². The molecule has 0 atom stereocenters. The zero-order chi connectivity index (χ0) is 22.9. The van der Waals surface area contributed by atoms with Crippen LogP contribution in [0.15, 0.2) is 65.6 Å². The van der Waals surface area contributed by atoms with Crippen molar-refractivity contribution in [1.82, 2.24) is 9.21 Å². The number of nitrogens with zero attached hydrogens (tertiary/aromatic N) is 3. The largest absolute Gasteiger partial charge is 0.335 e. The van der Waals surface area contributed by atoms with Crippen molar-refractivity contribution in [1.29, 1.82) is 0 Å². The van der Waals surface area contributed by atoms with Crippen LogP contribution in [0.2, 0.25) is 0 Å². The first kappa shape index (κ1) is 22.1. The van der Waals surface area contributed by atoms with Gasteiger partial charge in [0.1, 0.15) is 5.82 Å². The molecule has 166 valence electrons. The maximum atomic E-state index is 14.0. The highest BCUT2D eigenvalue weighted by molar-refractivity contribution is 7.89. The molecule has 0 N–H and O–H groups in total. The summed E-state index contributed by atoms with van der Waals surface area (Å²) < 4.78 is 41.0. The lowest BCUT2D eigenvalue weighted by atomic mass is 10.2. The number of para-hydroxylation sites is 1. The van der Waals surface area contributed by atoms with Gasteiger partial charge in [-0.2, -0.15) is 4.31 Å². The van der Waals surface area contributed by atoms with Crippen molar-refractivity contribution < 1.29 is 22.5 Å². The molecule has 1 saturated heterocycles. The first-order valence-electron chi connectivity index (χ1n) is 9.66. The number of piperazine rings is 1. The van der Waals surface area contributed by atoms with E-state index in [2.05, 4.69) is 0 Å². The van der Waals surface area contributed by atoms with E-state index in [0.717, 1.165) is 10.4 Å². The van der Waals surface area contributed by atoms with Gasteiger partial charge in [0.25, 0.3) is 11.6 Å². The number of hydrogen-bond donors (Lipinski definition) is 0. The van der Waals surface area contributed by atoms with Gasteiger partial charge in [0.05, 0.1) is 9.80 Å². The Hall–Kier alpha value is -3.15. The van der Waals surface area contributed by atoms with Crippen LogP contribution in [0.1, 0.15) is 9.67 Å². The number of benzene rings is 2. The fourth-order valence-electron chi connectivity index (χ4n) is 3.51. The molecule has 8 nitrogen and oxygen atoms in total. The average molecular weight is 476 g/mol. The predicted molar refractivity (Wildman–Crippen MR) is 117 cm³/mol. The van der Waals surface area contributed by atoms with Crippen LogP contribution in [0.5, 0.6) is 0 Å². The summed E-state index contributed by atoms with van der Waals surface area (Å²) in [7, 11) is -4.07. The van der Waals surface area contributed by atoms with Crippen molar-refractivity contribution >= 4 is 33.0 Å². The standard InChI is InChI=1S/C21H18FN3O5S2/c22-16-6-2-1-5-15(16)18-9-10-19(31-18)21(26)23-11-13-24(14-12-23)32(29,30)20-8-4-3-7-17(20)25(27)28/h1-10H,11-14H2. The van der Waals surface area contributed by atoms with Crippen molar-refractivity contribution in [3.8, 4) is 10.4 Å². The maximum Gasteiger partial charge on any atom is 0.289 e. The fourth-order valence-corrected chi connectivity index (χ4v) is 6.09. The summed E-state index contributed by atoms with van der Waals surface area (Å²) in [5.41, 5.74) is -0.0674. The second kappa shape index (κ2) is 8.77. The van der Waals surface area contributed by atoms with Crippen molar-refractivity contribution in [2.75, 3.05) is 26.2 Å². The van der Waals surface area contributed by atoms with E-state index in [9.17, 15) is 27.7 Å². The van der Waals surface area contributed by atoms with Gasteiger partial charge in [0.15, 0.2) is 4.90 Å². The Kier molecular flexibility index (Phi) is 6.04. The van der Waals surface area contributed by atoms with Gasteiger partial charge in [0, 0.05) is 42.7 Å².